The molecular weight excluding hydrogens is 272 g/mol. The van der Waals surface area contributed by atoms with Crippen molar-refractivity contribution in [3.05, 3.63) is 0 Å². The molecule has 1 fully saturated rings. The normalized spacial score (nSPS) is 21.2. The highest BCUT2D eigenvalue weighted by Gasteiger charge is 2.13. The largest absolute Gasteiger partial charge is 0.381 e. The van der Waals surface area contributed by atoms with Crippen LogP contribution >= 0.6 is 15.9 Å². The average Bonchev–Trinajstić information content (AvgIpc) is 2.34. The lowest BCUT2D eigenvalue weighted by molar-refractivity contribution is -0.164. The van der Waals surface area contributed by atoms with Gasteiger partial charge in [-0.05, 0) is 38.5 Å². The number of halogens is 1. The van der Waals surface area contributed by atoms with Crippen LogP contribution in [0, 0.1) is 0 Å². The van der Waals surface area contributed by atoms with Gasteiger partial charge in [0.05, 0.1) is 6.61 Å². The highest BCUT2D eigenvalue weighted by molar-refractivity contribution is 9.09. The van der Waals surface area contributed by atoms with Crippen molar-refractivity contribution in [2.45, 2.75) is 44.8 Å². The van der Waals surface area contributed by atoms with E-state index in [1.165, 1.54) is 19.3 Å². The molecule has 16 heavy (non-hydrogen) atoms. The summed E-state index contributed by atoms with van der Waals surface area (Å²) in [6, 6.07) is 0. The molecule has 96 valence electrons. The average molecular weight is 295 g/mol. The Hall–Kier alpha value is 0.360. The molecule has 1 aliphatic heterocycles. The lowest BCUT2D eigenvalue weighted by Gasteiger charge is -2.22. The van der Waals surface area contributed by atoms with Crippen molar-refractivity contribution in [1.29, 1.82) is 0 Å². The van der Waals surface area contributed by atoms with Crippen molar-refractivity contribution in [1.82, 2.24) is 0 Å². The summed E-state index contributed by atoms with van der Waals surface area (Å²) in [4.78, 5) is 0. The molecule has 1 heterocycles. The lowest BCUT2D eigenvalue weighted by Crippen LogP contribution is -2.23. The third kappa shape index (κ3) is 7.60. The fraction of sp³-hybridized carbons (Fsp3) is 1.00. The molecule has 1 aliphatic rings. The number of hydrogen-bond acceptors (Lipinski definition) is 3. The molecular formula is C12H23BrO3. The smallest absolute Gasteiger partial charge is 0.157 e. The predicted molar refractivity (Wildman–Crippen MR) is 68.0 cm³/mol. The van der Waals surface area contributed by atoms with Crippen LogP contribution in [-0.2, 0) is 14.2 Å². The molecule has 0 saturated carbocycles. The Bertz CT molecular complexity index is 149. The van der Waals surface area contributed by atoms with E-state index in [0.29, 0.717) is 0 Å². The number of rotatable bonds is 9. The standard InChI is InChI=1S/C12H23BrO3/c13-7-2-4-8-14-9-5-11-16-12-6-1-3-10-15-12/h12H,1-11H2. The van der Waals surface area contributed by atoms with E-state index in [1.807, 2.05) is 0 Å². The maximum Gasteiger partial charge on any atom is 0.157 e. The number of ether oxygens (including phenoxy) is 3. The van der Waals surface area contributed by atoms with Crippen LogP contribution in [0.4, 0.5) is 0 Å². The molecule has 0 spiro atoms. The molecule has 1 rings (SSSR count). The molecule has 4 heteroatoms. The summed E-state index contributed by atoms with van der Waals surface area (Å²) in [5.41, 5.74) is 0. The molecule has 0 aromatic heterocycles. The van der Waals surface area contributed by atoms with Crippen LogP contribution in [-0.4, -0.2) is 38.0 Å². The van der Waals surface area contributed by atoms with Crippen molar-refractivity contribution in [3.63, 3.8) is 0 Å². The van der Waals surface area contributed by atoms with Crippen LogP contribution in [0.15, 0.2) is 0 Å². The van der Waals surface area contributed by atoms with Gasteiger partial charge in [-0.2, -0.15) is 0 Å². The molecule has 1 saturated heterocycles. The molecule has 0 bridgehead atoms. The van der Waals surface area contributed by atoms with Gasteiger partial charge >= 0.3 is 0 Å². The van der Waals surface area contributed by atoms with Gasteiger partial charge in [0.25, 0.3) is 0 Å². The van der Waals surface area contributed by atoms with Crippen molar-refractivity contribution in [2.75, 3.05) is 31.8 Å². The van der Waals surface area contributed by atoms with Crippen LogP contribution in [0.1, 0.15) is 38.5 Å². The Kier molecular flexibility index (Phi) is 9.47. The van der Waals surface area contributed by atoms with E-state index < -0.39 is 0 Å². The summed E-state index contributed by atoms with van der Waals surface area (Å²) < 4.78 is 16.6. The van der Waals surface area contributed by atoms with E-state index in [0.717, 1.165) is 51.0 Å². The quantitative estimate of drug-likeness (QED) is 0.483. The molecule has 3 nitrogen and oxygen atoms in total. The Morgan fingerprint density at radius 3 is 2.69 bits per heavy atom. The first-order valence-electron chi connectivity index (χ1n) is 6.30. The van der Waals surface area contributed by atoms with Crippen LogP contribution in [0.3, 0.4) is 0 Å². The van der Waals surface area contributed by atoms with Gasteiger partial charge in [0.2, 0.25) is 0 Å². The van der Waals surface area contributed by atoms with Crippen molar-refractivity contribution >= 4 is 15.9 Å². The molecule has 0 amide bonds. The van der Waals surface area contributed by atoms with Crippen molar-refractivity contribution < 1.29 is 14.2 Å². The van der Waals surface area contributed by atoms with Crippen LogP contribution in [0.5, 0.6) is 0 Å². The summed E-state index contributed by atoms with van der Waals surface area (Å²) in [6.07, 6.45) is 6.79. The van der Waals surface area contributed by atoms with Gasteiger partial charge in [-0.3, -0.25) is 0 Å². The Labute approximate surface area is 107 Å². The zero-order chi connectivity index (χ0) is 11.5. The Morgan fingerprint density at radius 2 is 1.94 bits per heavy atom. The third-order valence-electron chi connectivity index (χ3n) is 2.55. The second-order valence-corrected chi connectivity index (χ2v) is 4.82. The minimum absolute atomic E-state index is 0.0437. The predicted octanol–water partition coefficient (Wildman–Crippen LogP) is 3.11. The van der Waals surface area contributed by atoms with Gasteiger partial charge in [0.15, 0.2) is 6.29 Å². The van der Waals surface area contributed by atoms with E-state index in [-0.39, 0.29) is 6.29 Å². The first-order chi connectivity index (χ1) is 7.93. The summed E-state index contributed by atoms with van der Waals surface area (Å²) >= 11 is 3.40. The van der Waals surface area contributed by atoms with E-state index in [4.69, 9.17) is 14.2 Å². The minimum Gasteiger partial charge on any atom is -0.381 e. The lowest BCUT2D eigenvalue weighted by atomic mass is 10.2. The third-order valence-corrected chi connectivity index (χ3v) is 3.11. The fourth-order valence-corrected chi connectivity index (χ4v) is 2.02. The molecule has 1 unspecified atom stereocenters. The molecule has 0 N–H and O–H groups in total. The van der Waals surface area contributed by atoms with Gasteiger partial charge in [-0.25, -0.2) is 0 Å². The van der Waals surface area contributed by atoms with Crippen LogP contribution in [0.2, 0.25) is 0 Å². The first kappa shape index (κ1) is 14.4. The van der Waals surface area contributed by atoms with Crippen molar-refractivity contribution in [3.8, 4) is 0 Å². The summed E-state index contributed by atoms with van der Waals surface area (Å²) in [6.45, 7) is 3.28. The van der Waals surface area contributed by atoms with Crippen LogP contribution < -0.4 is 0 Å². The van der Waals surface area contributed by atoms with Gasteiger partial charge in [0.1, 0.15) is 0 Å². The maximum atomic E-state index is 5.60. The topological polar surface area (TPSA) is 27.7 Å². The summed E-state index contributed by atoms with van der Waals surface area (Å²) in [7, 11) is 0. The minimum atomic E-state index is 0.0437. The van der Waals surface area contributed by atoms with E-state index in [1.54, 1.807) is 0 Å². The highest BCUT2D eigenvalue weighted by Crippen LogP contribution is 2.13. The van der Waals surface area contributed by atoms with Gasteiger partial charge < -0.3 is 14.2 Å². The Balaban J connectivity index is 1.77. The second kappa shape index (κ2) is 10.5. The summed E-state index contributed by atoms with van der Waals surface area (Å²) in [5, 5.41) is 1.07. The monoisotopic (exact) mass is 294 g/mol. The molecule has 0 radical (unpaired) electrons. The van der Waals surface area contributed by atoms with E-state index in [9.17, 15) is 0 Å². The van der Waals surface area contributed by atoms with Gasteiger partial charge in [-0.1, -0.05) is 15.9 Å². The fourth-order valence-electron chi connectivity index (χ4n) is 1.62. The first-order valence-corrected chi connectivity index (χ1v) is 7.42. The molecule has 0 aliphatic carbocycles. The maximum absolute atomic E-state index is 5.60. The van der Waals surface area contributed by atoms with E-state index in [2.05, 4.69) is 15.9 Å². The number of unbranched alkanes of at least 4 members (excludes halogenated alkanes) is 1. The van der Waals surface area contributed by atoms with Gasteiger partial charge in [-0.15, -0.1) is 0 Å². The van der Waals surface area contributed by atoms with Gasteiger partial charge in [0, 0.05) is 25.2 Å². The SMILES string of the molecule is BrCCCCOCCCOC1CCCCO1. The molecule has 1 atom stereocenters. The Morgan fingerprint density at radius 1 is 1.06 bits per heavy atom. The summed E-state index contributed by atoms with van der Waals surface area (Å²) in [5.74, 6) is 0. The number of hydrogen-bond donors (Lipinski definition) is 0. The second-order valence-electron chi connectivity index (χ2n) is 4.03. The van der Waals surface area contributed by atoms with Crippen LogP contribution in [0.25, 0.3) is 0 Å². The highest BCUT2D eigenvalue weighted by atomic mass is 79.9. The van der Waals surface area contributed by atoms with E-state index >= 15 is 0 Å². The number of alkyl halides is 1. The molecule has 0 aromatic rings. The van der Waals surface area contributed by atoms with Crippen molar-refractivity contribution in [2.24, 2.45) is 0 Å². The zero-order valence-corrected chi connectivity index (χ0v) is 11.5. The molecule has 0 aromatic carbocycles. The zero-order valence-electron chi connectivity index (χ0n) is 9.96.